The van der Waals surface area contributed by atoms with Gasteiger partial charge in [0.2, 0.25) is 5.89 Å². The molecule has 0 aliphatic rings. The van der Waals surface area contributed by atoms with Crippen LogP contribution in [0.25, 0.3) is 28.2 Å². The van der Waals surface area contributed by atoms with E-state index in [4.69, 9.17) is 4.42 Å². The molecule has 4 rings (SSSR count). The zero-order valence-corrected chi connectivity index (χ0v) is 12.3. The van der Waals surface area contributed by atoms with E-state index < -0.39 is 0 Å². The zero-order chi connectivity index (χ0) is 15.1. The highest BCUT2D eigenvalue weighted by atomic mass is 16.3. The Morgan fingerprint density at radius 1 is 1.00 bits per heavy atom. The molecule has 5 heteroatoms. The van der Waals surface area contributed by atoms with Crippen molar-refractivity contribution < 1.29 is 4.42 Å². The predicted octanol–water partition coefficient (Wildman–Crippen LogP) is 3.69. The lowest BCUT2D eigenvalue weighted by Gasteiger charge is -2.02. The van der Waals surface area contributed by atoms with Crippen molar-refractivity contribution in [2.45, 2.75) is 13.8 Å². The number of hydrogen-bond acceptors (Lipinski definition) is 4. The summed E-state index contributed by atoms with van der Waals surface area (Å²) in [6.07, 6.45) is 3.34. The van der Waals surface area contributed by atoms with Gasteiger partial charge >= 0.3 is 0 Å². The average molecular weight is 290 g/mol. The summed E-state index contributed by atoms with van der Waals surface area (Å²) in [7, 11) is 0. The first-order valence-corrected chi connectivity index (χ1v) is 7.04. The maximum Gasteiger partial charge on any atom is 0.227 e. The minimum atomic E-state index is 0.641. The summed E-state index contributed by atoms with van der Waals surface area (Å²) in [5, 5.41) is 7.68. The van der Waals surface area contributed by atoms with Crippen molar-refractivity contribution in [3.05, 3.63) is 60.2 Å². The van der Waals surface area contributed by atoms with Crippen LogP contribution in [0.4, 0.5) is 0 Å². The monoisotopic (exact) mass is 290 g/mol. The lowest BCUT2D eigenvalue weighted by Crippen LogP contribution is -1.91. The highest BCUT2D eigenvalue weighted by Crippen LogP contribution is 2.28. The largest absolute Gasteiger partial charge is 0.436 e. The molecule has 0 bridgehead atoms. The van der Waals surface area contributed by atoms with Gasteiger partial charge in [0, 0.05) is 5.56 Å². The van der Waals surface area contributed by atoms with Gasteiger partial charge < -0.3 is 4.42 Å². The van der Waals surface area contributed by atoms with E-state index in [1.165, 1.54) is 5.56 Å². The Hall–Kier alpha value is -2.95. The van der Waals surface area contributed by atoms with Gasteiger partial charge in [0.05, 0.1) is 5.69 Å². The maximum absolute atomic E-state index is 5.96. The van der Waals surface area contributed by atoms with Crippen LogP contribution in [0.15, 0.2) is 53.5 Å². The van der Waals surface area contributed by atoms with Gasteiger partial charge in [-0.1, -0.05) is 17.7 Å². The molecular weight excluding hydrogens is 276 g/mol. The molecule has 0 unspecified atom stereocenters. The van der Waals surface area contributed by atoms with E-state index in [0.717, 1.165) is 27.9 Å². The third-order valence-corrected chi connectivity index (χ3v) is 3.64. The number of rotatable bonds is 2. The third kappa shape index (κ3) is 2.07. The number of oxazole rings is 1. The summed E-state index contributed by atoms with van der Waals surface area (Å²) in [6, 6.07) is 12.2. The zero-order valence-electron chi connectivity index (χ0n) is 12.3. The standard InChI is InChI=1S/C17H14N4O/c1-11-4-3-5-13(6-11)17-20-15-8-14(21-9-18-19-10-21)7-12(2)16(15)22-17/h3-10H,1-2H3. The summed E-state index contributed by atoms with van der Waals surface area (Å²) >= 11 is 0. The quantitative estimate of drug-likeness (QED) is 0.565. The molecule has 0 aliphatic carbocycles. The number of benzene rings is 2. The molecule has 4 aromatic rings. The predicted molar refractivity (Wildman–Crippen MR) is 83.8 cm³/mol. The van der Waals surface area contributed by atoms with Gasteiger partial charge in [-0.05, 0) is 43.7 Å². The van der Waals surface area contributed by atoms with Crippen LogP contribution in [-0.2, 0) is 0 Å². The Kier molecular flexibility index (Phi) is 2.79. The van der Waals surface area contributed by atoms with Gasteiger partial charge in [0.1, 0.15) is 18.2 Å². The fourth-order valence-corrected chi connectivity index (χ4v) is 2.57. The lowest BCUT2D eigenvalue weighted by atomic mass is 10.1. The fraction of sp³-hybridized carbons (Fsp3) is 0.118. The molecule has 108 valence electrons. The number of aryl methyl sites for hydroxylation is 2. The van der Waals surface area contributed by atoms with Crippen LogP contribution in [0, 0.1) is 13.8 Å². The first-order chi connectivity index (χ1) is 10.7. The van der Waals surface area contributed by atoms with Gasteiger partial charge in [0.15, 0.2) is 5.58 Å². The van der Waals surface area contributed by atoms with Gasteiger partial charge in [-0.3, -0.25) is 4.57 Å². The molecule has 0 fully saturated rings. The van der Waals surface area contributed by atoms with E-state index in [2.05, 4.69) is 34.2 Å². The van der Waals surface area contributed by atoms with E-state index in [1.807, 2.05) is 35.8 Å². The molecule has 2 heterocycles. The smallest absolute Gasteiger partial charge is 0.227 e. The van der Waals surface area contributed by atoms with Crippen molar-refractivity contribution >= 4 is 11.1 Å². The van der Waals surface area contributed by atoms with Crippen LogP contribution in [-0.4, -0.2) is 19.7 Å². The number of fused-ring (bicyclic) bond motifs is 1. The molecule has 22 heavy (non-hydrogen) atoms. The molecule has 0 aliphatic heterocycles. The molecule has 5 nitrogen and oxygen atoms in total. The van der Waals surface area contributed by atoms with E-state index in [-0.39, 0.29) is 0 Å². The summed E-state index contributed by atoms with van der Waals surface area (Å²) < 4.78 is 7.82. The highest BCUT2D eigenvalue weighted by molar-refractivity contribution is 5.81. The van der Waals surface area contributed by atoms with Crippen molar-refractivity contribution in [3.63, 3.8) is 0 Å². The van der Waals surface area contributed by atoms with Crippen LogP contribution < -0.4 is 0 Å². The Morgan fingerprint density at radius 2 is 1.82 bits per heavy atom. The van der Waals surface area contributed by atoms with Crippen molar-refractivity contribution in [1.82, 2.24) is 19.7 Å². The van der Waals surface area contributed by atoms with Crippen LogP contribution in [0.3, 0.4) is 0 Å². The van der Waals surface area contributed by atoms with Gasteiger partial charge in [-0.2, -0.15) is 0 Å². The van der Waals surface area contributed by atoms with Crippen molar-refractivity contribution in [2.24, 2.45) is 0 Å². The highest BCUT2D eigenvalue weighted by Gasteiger charge is 2.12. The normalized spacial score (nSPS) is 11.2. The Balaban J connectivity index is 1.89. The van der Waals surface area contributed by atoms with Crippen molar-refractivity contribution in [2.75, 3.05) is 0 Å². The van der Waals surface area contributed by atoms with Crippen molar-refractivity contribution in [3.8, 4) is 17.1 Å². The van der Waals surface area contributed by atoms with Crippen LogP contribution >= 0.6 is 0 Å². The minimum Gasteiger partial charge on any atom is -0.436 e. The van der Waals surface area contributed by atoms with Gasteiger partial charge in [0.25, 0.3) is 0 Å². The molecule has 0 N–H and O–H groups in total. The molecule has 2 aromatic carbocycles. The summed E-state index contributed by atoms with van der Waals surface area (Å²) in [5.74, 6) is 0.641. The molecular formula is C17H14N4O. The first-order valence-electron chi connectivity index (χ1n) is 7.04. The molecule has 0 saturated carbocycles. The Morgan fingerprint density at radius 3 is 2.59 bits per heavy atom. The van der Waals surface area contributed by atoms with Gasteiger partial charge in [-0.15, -0.1) is 10.2 Å². The molecule has 0 spiro atoms. The van der Waals surface area contributed by atoms with Crippen LogP contribution in [0.2, 0.25) is 0 Å². The summed E-state index contributed by atoms with van der Waals surface area (Å²) in [5.41, 5.74) is 5.82. The maximum atomic E-state index is 5.96. The number of aromatic nitrogens is 4. The lowest BCUT2D eigenvalue weighted by molar-refractivity contribution is 0.617. The second-order valence-electron chi connectivity index (χ2n) is 5.37. The second kappa shape index (κ2) is 4.80. The minimum absolute atomic E-state index is 0.641. The third-order valence-electron chi connectivity index (χ3n) is 3.64. The van der Waals surface area contributed by atoms with Crippen molar-refractivity contribution in [1.29, 1.82) is 0 Å². The molecule has 0 atom stereocenters. The summed E-state index contributed by atoms with van der Waals surface area (Å²) in [4.78, 5) is 4.63. The SMILES string of the molecule is Cc1cccc(-c2nc3cc(-n4cnnc4)cc(C)c3o2)c1. The molecule has 0 radical (unpaired) electrons. The fourth-order valence-electron chi connectivity index (χ4n) is 2.57. The van der Waals surface area contributed by atoms with E-state index >= 15 is 0 Å². The van der Waals surface area contributed by atoms with Crippen LogP contribution in [0.1, 0.15) is 11.1 Å². The van der Waals surface area contributed by atoms with Crippen LogP contribution in [0.5, 0.6) is 0 Å². The number of nitrogens with zero attached hydrogens (tertiary/aromatic N) is 4. The van der Waals surface area contributed by atoms with E-state index in [9.17, 15) is 0 Å². The molecule has 0 saturated heterocycles. The second-order valence-corrected chi connectivity index (χ2v) is 5.37. The Bertz CT molecular complexity index is 954. The molecule has 2 aromatic heterocycles. The topological polar surface area (TPSA) is 56.7 Å². The van der Waals surface area contributed by atoms with Gasteiger partial charge in [-0.25, -0.2) is 4.98 Å². The first kappa shape index (κ1) is 12.8. The van der Waals surface area contributed by atoms with E-state index in [0.29, 0.717) is 5.89 Å². The average Bonchev–Trinajstić information content (AvgIpc) is 3.16. The number of hydrogen-bond donors (Lipinski definition) is 0. The summed E-state index contributed by atoms with van der Waals surface area (Å²) in [6.45, 7) is 4.07. The van der Waals surface area contributed by atoms with E-state index in [1.54, 1.807) is 12.7 Å². The Labute approximate surface area is 127 Å². The molecule has 0 amide bonds.